The van der Waals surface area contributed by atoms with Crippen LogP contribution in [-0.4, -0.2) is 48.5 Å². The van der Waals surface area contributed by atoms with Crippen LogP contribution in [0.25, 0.3) is 0 Å². The second-order valence-corrected chi connectivity index (χ2v) is 8.15. The third-order valence-corrected chi connectivity index (χ3v) is 4.17. The van der Waals surface area contributed by atoms with E-state index in [4.69, 9.17) is 9.26 Å². The van der Waals surface area contributed by atoms with Crippen molar-refractivity contribution in [2.24, 2.45) is 0 Å². The van der Waals surface area contributed by atoms with E-state index in [0.717, 1.165) is 0 Å². The first-order valence-electron chi connectivity index (χ1n) is 7.73. The summed E-state index contributed by atoms with van der Waals surface area (Å²) < 4.78 is 21.9. The smallest absolute Gasteiger partial charge is 0.407 e. The van der Waals surface area contributed by atoms with Crippen LogP contribution in [0.2, 0.25) is 0 Å². The zero-order chi connectivity index (χ0) is 17.2. The lowest BCUT2D eigenvalue weighted by Crippen LogP contribution is -2.34. The molecule has 0 saturated heterocycles. The van der Waals surface area contributed by atoms with Gasteiger partial charge in [0.1, 0.15) is 5.60 Å². The summed E-state index contributed by atoms with van der Waals surface area (Å²) in [5, 5.41) is 5.70. The third kappa shape index (κ3) is 13.1. The van der Waals surface area contributed by atoms with Gasteiger partial charge in [0.25, 0.3) is 0 Å². The van der Waals surface area contributed by atoms with Crippen molar-refractivity contribution in [1.29, 1.82) is 0 Å². The second-order valence-electron chi connectivity index (χ2n) is 6.22. The van der Waals surface area contributed by atoms with Crippen molar-refractivity contribution in [3.05, 3.63) is 0 Å². The molecule has 7 nitrogen and oxygen atoms in total. The Labute approximate surface area is 133 Å². The minimum atomic E-state index is -3.51. The highest BCUT2D eigenvalue weighted by molar-refractivity contribution is 7.52. The highest BCUT2D eigenvalue weighted by Crippen LogP contribution is 2.42. The van der Waals surface area contributed by atoms with Crippen LogP contribution in [0.4, 0.5) is 4.79 Å². The topological polar surface area (TPSA) is 96.9 Å². The first-order valence-corrected chi connectivity index (χ1v) is 9.50. The van der Waals surface area contributed by atoms with E-state index in [1.165, 1.54) is 0 Å². The number of alkyl carbamates (subject to hydrolysis) is 1. The molecule has 0 aliphatic rings. The van der Waals surface area contributed by atoms with Gasteiger partial charge in [-0.1, -0.05) is 6.92 Å². The van der Waals surface area contributed by atoms with Crippen LogP contribution in [0.15, 0.2) is 0 Å². The van der Waals surface area contributed by atoms with Crippen LogP contribution in [0.3, 0.4) is 0 Å². The summed E-state index contributed by atoms with van der Waals surface area (Å²) >= 11 is 0. The number of carbonyl (C=O) groups is 1. The number of hydrogen-bond donors (Lipinski definition) is 3. The van der Waals surface area contributed by atoms with Gasteiger partial charge in [-0.05, 0) is 47.1 Å². The van der Waals surface area contributed by atoms with Crippen LogP contribution >= 0.6 is 7.60 Å². The third-order valence-electron chi connectivity index (χ3n) is 2.69. The molecule has 0 radical (unpaired) electrons. The van der Waals surface area contributed by atoms with Gasteiger partial charge in [0.15, 0.2) is 0 Å². The summed E-state index contributed by atoms with van der Waals surface area (Å²) in [6, 6.07) is 0. The number of ether oxygens (including phenoxy) is 1. The summed E-state index contributed by atoms with van der Waals surface area (Å²) in [6.45, 7) is 10.6. The standard InChI is InChI=1S/C14H31N2O5P/c1-6-12(2)21-22(18,19)11-10-15-8-7-9-16-13(17)20-14(3,4)5/h12,15H,6-11H2,1-5H3,(H,16,17)(H,18,19). The van der Waals surface area contributed by atoms with Crippen molar-refractivity contribution in [2.45, 2.75) is 59.2 Å². The number of hydrogen-bond acceptors (Lipinski definition) is 5. The van der Waals surface area contributed by atoms with E-state index in [0.29, 0.717) is 32.5 Å². The Hall–Kier alpha value is -0.620. The summed E-state index contributed by atoms with van der Waals surface area (Å²) in [5.74, 6) is 0. The monoisotopic (exact) mass is 338 g/mol. The average Bonchev–Trinajstić information content (AvgIpc) is 2.34. The number of rotatable bonds is 10. The summed E-state index contributed by atoms with van der Waals surface area (Å²) in [7, 11) is -3.51. The number of amides is 1. The normalized spacial score (nSPS) is 15.9. The fourth-order valence-corrected chi connectivity index (χ4v) is 2.73. The zero-order valence-electron chi connectivity index (χ0n) is 14.3. The van der Waals surface area contributed by atoms with Crippen LogP contribution < -0.4 is 10.6 Å². The SMILES string of the molecule is CCC(C)OP(=O)(O)CCNCCCNC(=O)OC(C)(C)C. The molecular formula is C14H31N2O5P. The van der Waals surface area contributed by atoms with Gasteiger partial charge in [-0.25, -0.2) is 4.79 Å². The van der Waals surface area contributed by atoms with E-state index in [1.807, 2.05) is 27.7 Å². The van der Waals surface area contributed by atoms with E-state index < -0.39 is 19.3 Å². The summed E-state index contributed by atoms with van der Waals surface area (Å²) in [4.78, 5) is 21.0. The van der Waals surface area contributed by atoms with Crippen molar-refractivity contribution in [3.63, 3.8) is 0 Å². The lowest BCUT2D eigenvalue weighted by atomic mass is 10.2. The van der Waals surface area contributed by atoms with Gasteiger partial charge >= 0.3 is 13.7 Å². The Morgan fingerprint density at radius 1 is 1.27 bits per heavy atom. The molecule has 22 heavy (non-hydrogen) atoms. The molecule has 2 atom stereocenters. The Morgan fingerprint density at radius 2 is 1.91 bits per heavy atom. The van der Waals surface area contributed by atoms with Crippen LogP contribution in [0.1, 0.15) is 47.5 Å². The van der Waals surface area contributed by atoms with Crippen LogP contribution in [0.5, 0.6) is 0 Å². The van der Waals surface area contributed by atoms with Crippen molar-refractivity contribution in [3.8, 4) is 0 Å². The van der Waals surface area contributed by atoms with E-state index in [1.54, 1.807) is 6.92 Å². The zero-order valence-corrected chi connectivity index (χ0v) is 15.2. The molecule has 0 spiro atoms. The lowest BCUT2D eigenvalue weighted by molar-refractivity contribution is 0.0527. The van der Waals surface area contributed by atoms with Crippen molar-refractivity contribution < 1.29 is 23.5 Å². The van der Waals surface area contributed by atoms with E-state index in [2.05, 4.69) is 10.6 Å². The molecule has 132 valence electrons. The molecule has 8 heteroatoms. The highest BCUT2D eigenvalue weighted by atomic mass is 31.2. The molecule has 1 amide bonds. The van der Waals surface area contributed by atoms with Gasteiger partial charge in [0.2, 0.25) is 0 Å². The van der Waals surface area contributed by atoms with E-state index >= 15 is 0 Å². The molecule has 0 heterocycles. The molecule has 0 aliphatic carbocycles. The predicted molar refractivity (Wildman–Crippen MR) is 87.3 cm³/mol. The summed E-state index contributed by atoms with van der Waals surface area (Å²) in [5.41, 5.74) is -0.500. The molecule has 0 bridgehead atoms. The Bertz CT molecular complexity index is 371. The van der Waals surface area contributed by atoms with Gasteiger partial charge in [0, 0.05) is 13.1 Å². The van der Waals surface area contributed by atoms with Crippen molar-refractivity contribution >= 4 is 13.7 Å². The summed E-state index contributed by atoms with van der Waals surface area (Å²) in [6.07, 6.45) is 0.843. The van der Waals surface area contributed by atoms with Crippen LogP contribution in [-0.2, 0) is 13.8 Å². The van der Waals surface area contributed by atoms with Gasteiger partial charge in [-0.15, -0.1) is 0 Å². The number of carbonyl (C=O) groups excluding carboxylic acids is 1. The lowest BCUT2D eigenvalue weighted by Gasteiger charge is -2.19. The molecule has 0 aliphatic heterocycles. The molecule has 0 rings (SSSR count). The molecule has 3 N–H and O–H groups in total. The van der Waals surface area contributed by atoms with E-state index in [9.17, 15) is 14.3 Å². The fourth-order valence-electron chi connectivity index (χ4n) is 1.47. The van der Waals surface area contributed by atoms with Gasteiger partial charge in [-0.2, -0.15) is 0 Å². The minimum absolute atomic E-state index is 0.0802. The molecule has 0 aromatic rings. The molecular weight excluding hydrogens is 307 g/mol. The highest BCUT2D eigenvalue weighted by Gasteiger charge is 2.21. The predicted octanol–water partition coefficient (Wildman–Crippen LogP) is 2.49. The van der Waals surface area contributed by atoms with E-state index in [-0.39, 0.29) is 12.3 Å². The second kappa shape index (κ2) is 10.2. The number of nitrogens with one attached hydrogen (secondary N) is 2. The van der Waals surface area contributed by atoms with Crippen molar-refractivity contribution in [1.82, 2.24) is 10.6 Å². The first kappa shape index (κ1) is 21.4. The van der Waals surface area contributed by atoms with Crippen molar-refractivity contribution in [2.75, 3.05) is 25.8 Å². The molecule has 0 aromatic carbocycles. The van der Waals surface area contributed by atoms with Gasteiger partial charge in [-0.3, -0.25) is 4.57 Å². The average molecular weight is 338 g/mol. The molecule has 0 fully saturated rings. The Balaban J connectivity index is 3.62. The van der Waals surface area contributed by atoms with Gasteiger partial charge in [0.05, 0.1) is 12.3 Å². The molecule has 2 unspecified atom stereocenters. The maximum atomic E-state index is 11.7. The first-order chi connectivity index (χ1) is 10.1. The van der Waals surface area contributed by atoms with Gasteiger partial charge < -0.3 is 24.8 Å². The quantitative estimate of drug-likeness (QED) is 0.418. The molecule has 0 aromatic heterocycles. The van der Waals surface area contributed by atoms with Crippen LogP contribution in [0, 0.1) is 0 Å². The largest absolute Gasteiger partial charge is 0.444 e. The Morgan fingerprint density at radius 3 is 2.45 bits per heavy atom. The molecule has 0 saturated carbocycles. The Kier molecular flexibility index (Phi) is 9.92. The minimum Gasteiger partial charge on any atom is -0.444 e. The maximum Gasteiger partial charge on any atom is 0.407 e. The fraction of sp³-hybridized carbons (Fsp3) is 0.929. The maximum absolute atomic E-state index is 11.7.